The molecule has 110 valence electrons. The van der Waals surface area contributed by atoms with E-state index in [2.05, 4.69) is 34.9 Å². The van der Waals surface area contributed by atoms with Crippen molar-refractivity contribution in [1.29, 1.82) is 0 Å². The van der Waals surface area contributed by atoms with Crippen LogP contribution in [-0.4, -0.2) is 43.9 Å². The van der Waals surface area contributed by atoms with Gasteiger partial charge in [-0.1, -0.05) is 19.1 Å². The van der Waals surface area contributed by atoms with Crippen LogP contribution < -0.4 is 4.90 Å². The number of nitrogens with zero attached hydrogens (tertiary/aromatic N) is 2. The Morgan fingerprint density at radius 3 is 2.52 bits per heavy atom. The van der Waals surface area contributed by atoms with Crippen molar-refractivity contribution in [3.8, 4) is 11.3 Å². The smallest absolute Gasteiger partial charge is 0.185 e. The fourth-order valence-corrected chi connectivity index (χ4v) is 2.82. The van der Waals surface area contributed by atoms with Crippen LogP contribution in [0.1, 0.15) is 17.5 Å². The maximum Gasteiger partial charge on any atom is 0.185 e. The van der Waals surface area contributed by atoms with Crippen molar-refractivity contribution in [3.63, 3.8) is 0 Å². The number of aldehydes is 1. The van der Waals surface area contributed by atoms with Gasteiger partial charge in [0, 0.05) is 37.4 Å². The number of hydrogen-bond donors (Lipinski definition) is 0. The molecule has 2 aromatic rings. The number of para-hydroxylation sites is 1. The summed E-state index contributed by atoms with van der Waals surface area (Å²) < 4.78 is 5.59. The lowest BCUT2D eigenvalue weighted by Gasteiger charge is -2.36. The maximum absolute atomic E-state index is 10.8. The van der Waals surface area contributed by atoms with E-state index in [9.17, 15) is 4.79 Å². The van der Waals surface area contributed by atoms with Gasteiger partial charge in [0.05, 0.1) is 0 Å². The summed E-state index contributed by atoms with van der Waals surface area (Å²) in [7, 11) is 0. The molecule has 0 spiro atoms. The average molecular weight is 284 g/mol. The van der Waals surface area contributed by atoms with Gasteiger partial charge < -0.3 is 14.2 Å². The van der Waals surface area contributed by atoms with Gasteiger partial charge in [-0.15, -0.1) is 0 Å². The first-order valence-electron chi connectivity index (χ1n) is 7.43. The minimum Gasteiger partial charge on any atom is -0.453 e. The van der Waals surface area contributed by atoms with E-state index in [4.69, 9.17) is 4.42 Å². The Morgan fingerprint density at radius 2 is 1.86 bits per heavy atom. The van der Waals surface area contributed by atoms with Crippen molar-refractivity contribution in [2.75, 3.05) is 37.6 Å². The molecule has 0 unspecified atom stereocenters. The van der Waals surface area contributed by atoms with Crippen LogP contribution in [0, 0.1) is 0 Å². The first-order chi connectivity index (χ1) is 10.3. The minimum atomic E-state index is 0.371. The number of anilines is 1. The van der Waals surface area contributed by atoms with Gasteiger partial charge in [-0.3, -0.25) is 4.79 Å². The molecule has 1 aliphatic heterocycles. The van der Waals surface area contributed by atoms with Gasteiger partial charge in [0.1, 0.15) is 5.76 Å². The number of hydrogen-bond acceptors (Lipinski definition) is 4. The van der Waals surface area contributed by atoms with E-state index in [0.29, 0.717) is 5.76 Å². The molecule has 0 atom stereocenters. The number of carbonyl (C=O) groups excluding carboxylic acids is 1. The molecule has 1 aromatic carbocycles. The zero-order valence-corrected chi connectivity index (χ0v) is 12.3. The number of carbonyl (C=O) groups is 1. The number of rotatable bonds is 4. The molecule has 0 amide bonds. The molecular weight excluding hydrogens is 264 g/mol. The molecule has 1 aromatic heterocycles. The van der Waals surface area contributed by atoms with Crippen molar-refractivity contribution in [3.05, 3.63) is 42.2 Å². The summed E-state index contributed by atoms with van der Waals surface area (Å²) in [5.74, 6) is 1.13. The van der Waals surface area contributed by atoms with Gasteiger partial charge in [-0.05, 0) is 30.8 Å². The first-order valence-corrected chi connectivity index (χ1v) is 7.43. The standard InChI is InChI=1S/C17H20N2O2/c1-2-18-9-11-19(12-10-18)16-6-4-3-5-15(16)17-8-7-14(13-20)21-17/h3-8,13H,2,9-12H2,1H3. The molecule has 0 bridgehead atoms. The van der Waals surface area contributed by atoms with E-state index in [-0.39, 0.29) is 0 Å². The highest BCUT2D eigenvalue weighted by Crippen LogP contribution is 2.32. The molecule has 21 heavy (non-hydrogen) atoms. The van der Waals surface area contributed by atoms with Crippen LogP contribution in [-0.2, 0) is 0 Å². The van der Waals surface area contributed by atoms with E-state index in [0.717, 1.165) is 50.3 Å². The summed E-state index contributed by atoms with van der Waals surface area (Å²) in [6.45, 7) is 7.52. The van der Waals surface area contributed by atoms with Crippen LogP contribution in [0.3, 0.4) is 0 Å². The normalized spacial score (nSPS) is 16.1. The zero-order chi connectivity index (χ0) is 14.7. The number of likely N-dealkylation sites (N-methyl/N-ethyl adjacent to an activating group) is 1. The predicted octanol–water partition coefficient (Wildman–Crippen LogP) is 2.90. The van der Waals surface area contributed by atoms with Gasteiger partial charge in [0.2, 0.25) is 0 Å². The van der Waals surface area contributed by atoms with Crippen LogP contribution >= 0.6 is 0 Å². The Morgan fingerprint density at radius 1 is 1.10 bits per heavy atom. The predicted molar refractivity (Wildman–Crippen MR) is 83.9 cm³/mol. The third kappa shape index (κ3) is 2.85. The second kappa shape index (κ2) is 6.14. The Hall–Kier alpha value is -2.07. The number of piperazine rings is 1. The zero-order valence-electron chi connectivity index (χ0n) is 12.3. The van der Waals surface area contributed by atoms with Crippen molar-refractivity contribution in [2.24, 2.45) is 0 Å². The average Bonchev–Trinajstić information content (AvgIpc) is 3.04. The summed E-state index contributed by atoms with van der Waals surface area (Å²) >= 11 is 0. The monoisotopic (exact) mass is 284 g/mol. The molecule has 2 heterocycles. The quantitative estimate of drug-likeness (QED) is 0.809. The molecule has 0 saturated carbocycles. The summed E-state index contributed by atoms with van der Waals surface area (Å²) in [5.41, 5.74) is 2.23. The van der Waals surface area contributed by atoms with E-state index >= 15 is 0 Å². The summed E-state index contributed by atoms with van der Waals surface area (Å²) in [6, 6.07) is 11.8. The van der Waals surface area contributed by atoms with Crippen molar-refractivity contribution >= 4 is 12.0 Å². The highest BCUT2D eigenvalue weighted by Gasteiger charge is 2.19. The molecule has 3 rings (SSSR count). The molecule has 1 fully saturated rings. The minimum absolute atomic E-state index is 0.371. The third-order valence-electron chi connectivity index (χ3n) is 4.07. The van der Waals surface area contributed by atoms with Crippen LogP contribution in [0.25, 0.3) is 11.3 Å². The molecule has 4 nitrogen and oxygen atoms in total. The Labute approximate surface area is 125 Å². The van der Waals surface area contributed by atoms with Crippen LogP contribution in [0.5, 0.6) is 0 Å². The van der Waals surface area contributed by atoms with Gasteiger partial charge in [0.15, 0.2) is 12.0 Å². The fourth-order valence-electron chi connectivity index (χ4n) is 2.82. The maximum atomic E-state index is 10.8. The molecule has 1 saturated heterocycles. The molecule has 0 aliphatic carbocycles. The molecular formula is C17H20N2O2. The largest absolute Gasteiger partial charge is 0.453 e. The second-order valence-corrected chi connectivity index (χ2v) is 5.26. The van der Waals surface area contributed by atoms with Crippen molar-refractivity contribution in [1.82, 2.24) is 4.90 Å². The second-order valence-electron chi connectivity index (χ2n) is 5.26. The summed E-state index contributed by atoms with van der Waals surface area (Å²) in [5, 5.41) is 0. The molecule has 1 aliphatic rings. The fraction of sp³-hybridized carbons (Fsp3) is 0.353. The lowest BCUT2D eigenvalue weighted by molar-refractivity contribution is 0.110. The summed E-state index contributed by atoms with van der Waals surface area (Å²) in [6.07, 6.45) is 0.742. The Kier molecular flexibility index (Phi) is 4.06. The molecule has 0 radical (unpaired) electrons. The third-order valence-corrected chi connectivity index (χ3v) is 4.07. The Bertz CT molecular complexity index is 613. The first kappa shape index (κ1) is 13.9. The molecule has 4 heteroatoms. The lowest BCUT2D eigenvalue weighted by atomic mass is 10.1. The van der Waals surface area contributed by atoms with Crippen LogP contribution in [0.2, 0.25) is 0 Å². The van der Waals surface area contributed by atoms with Crippen LogP contribution in [0.15, 0.2) is 40.8 Å². The van der Waals surface area contributed by atoms with Crippen LogP contribution in [0.4, 0.5) is 5.69 Å². The van der Waals surface area contributed by atoms with Gasteiger partial charge in [0.25, 0.3) is 0 Å². The van der Waals surface area contributed by atoms with E-state index < -0.39 is 0 Å². The topological polar surface area (TPSA) is 36.7 Å². The summed E-state index contributed by atoms with van der Waals surface area (Å²) in [4.78, 5) is 15.6. The van der Waals surface area contributed by atoms with Crippen molar-refractivity contribution in [2.45, 2.75) is 6.92 Å². The highest BCUT2D eigenvalue weighted by molar-refractivity contribution is 5.78. The molecule has 0 N–H and O–H groups in total. The van der Waals surface area contributed by atoms with E-state index in [1.807, 2.05) is 12.1 Å². The SMILES string of the molecule is CCN1CCN(c2ccccc2-c2ccc(C=O)o2)CC1. The van der Waals surface area contributed by atoms with E-state index in [1.54, 1.807) is 6.07 Å². The van der Waals surface area contributed by atoms with Crippen molar-refractivity contribution < 1.29 is 9.21 Å². The van der Waals surface area contributed by atoms with Gasteiger partial charge in [-0.2, -0.15) is 0 Å². The van der Waals surface area contributed by atoms with Gasteiger partial charge >= 0.3 is 0 Å². The number of benzene rings is 1. The highest BCUT2D eigenvalue weighted by atomic mass is 16.3. The number of furan rings is 1. The van der Waals surface area contributed by atoms with E-state index in [1.165, 1.54) is 5.69 Å². The Balaban J connectivity index is 1.88. The van der Waals surface area contributed by atoms with Gasteiger partial charge in [-0.25, -0.2) is 0 Å². The lowest BCUT2D eigenvalue weighted by Crippen LogP contribution is -2.46.